The predicted molar refractivity (Wildman–Crippen MR) is 74.2 cm³/mol. The summed E-state index contributed by atoms with van der Waals surface area (Å²) in [6.45, 7) is -0.586. The van der Waals surface area contributed by atoms with E-state index in [0.717, 1.165) is 0 Å². The number of aromatic nitrogens is 4. The number of rotatable bonds is 2. The van der Waals surface area contributed by atoms with Gasteiger partial charge in [0.15, 0.2) is 11.9 Å². The molecule has 2 aromatic heterocycles. The Kier molecular flexibility index (Phi) is 3.62. The van der Waals surface area contributed by atoms with E-state index in [9.17, 15) is 10.2 Å². The maximum absolute atomic E-state index is 15.1. The zero-order chi connectivity index (χ0) is 15.9. The maximum atomic E-state index is 15.1. The van der Waals surface area contributed by atoms with Crippen molar-refractivity contribution in [2.45, 2.75) is 24.1 Å². The van der Waals surface area contributed by atoms with Gasteiger partial charge in [0, 0.05) is 5.38 Å². The van der Waals surface area contributed by atoms with Crippen LogP contribution in [0, 0.1) is 11.3 Å². The second kappa shape index (κ2) is 5.33. The fourth-order valence-corrected chi connectivity index (χ4v) is 2.53. The molecular formula is C12H11ClFN5O3. The highest BCUT2D eigenvalue weighted by Crippen LogP contribution is 2.42. The SMILES string of the molecule is Nc1ncc2ncn(C3OC(CO)C(O)C3(F)C#CCl)c2n1. The summed E-state index contributed by atoms with van der Waals surface area (Å²) in [6, 6.07) is 0. The van der Waals surface area contributed by atoms with Gasteiger partial charge in [0.05, 0.1) is 19.1 Å². The van der Waals surface area contributed by atoms with Crippen LogP contribution < -0.4 is 5.73 Å². The minimum absolute atomic E-state index is 0.0283. The maximum Gasteiger partial charge on any atom is 0.244 e. The lowest BCUT2D eigenvalue weighted by Gasteiger charge is -2.23. The summed E-state index contributed by atoms with van der Waals surface area (Å²) in [4.78, 5) is 11.8. The molecule has 1 aliphatic rings. The third kappa shape index (κ3) is 2.08. The normalized spacial score (nSPS) is 31.2. The van der Waals surface area contributed by atoms with Crippen molar-refractivity contribution in [1.82, 2.24) is 19.5 Å². The van der Waals surface area contributed by atoms with Crippen molar-refractivity contribution < 1.29 is 19.3 Å². The number of aliphatic hydroxyl groups is 2. The molecular weight excluding hydrogens is 317 g/mol. The van der Waals surface area contributed by atoms with Gasteiger partial charge in [-0.3, -0.25) is 4.57 Å². The lowest BCUT2D eigenvalue weighted by atomic mass is 9.97. The summed E-state index contributed by atoms with van der Waals surface area (Å²) in [5, 5.41) is 21.1. The number of nitrogens with zero attached hydrogens (tertiary/aromatic N) is 4. The predicted octanol–water partition coefficient (Wildman–Crippen LogP) is -0.433. The molecule has 10 heteroatoms. The number of hydrogen-bond donors (Lipinski definition) is 3. The van der Waals surface area contributed by atoms with E-state index in [1.165, 1.54) is 17.1 Å². The molecule has 4 unspecified atom stereocenters. The molecule has 1 saturated heterocycles. The van der Waals surface area contributed by atoms with Gasteiger partial charge in [0.2, 0.25) is 11.6 Å². The highest BCUT2D eigenvalue weighted by atomic mass is 35.5. The van der Waals surface area contributed by atoms with Crippen molar-refractivity contribution in [2.24, 2.45) is 0 Å². The Labute approximate surface area is 128 Å². The zero-order valence-electron chi connectivity index (χ0n) is 11.0. The topological polar surface area (TPSA) is 119 Å². The quantitative estimate of drug-likeness (QED) is 0.640. The standard InChI is InChI=1S/C12H11ClFN5O3/c13-2-1-12(14)8(21)7(4-20)22-10(12)19-5-17-6-3-16-11(15)18-9(6)19/h3,5,7-8,10,20-21H,4H2,(H2,15,16,18). The minimum Gasteiger partial charge on any atom is -0.394 e. The summed E-state index contributed by atoms with van der Waals surface area (Å²) in [5.74, 6) is 2.06. The molecule has 22 heavy (non-hydrogen) atoms. The Hall–Kier alpha value is -1.99. The highest BCUT2D eigenvalue weighted by Gasteiger charge is 2.58. The molecule has 4 N–H and O–H groups in total. The molecule has 0 radical (unpaired) electrons. The summed E-state index contributed by atoms with van der Waals surface area (Å²) in [7, 11) is 0. The second-order valence-corrected chi connectivity index (χ2v) is 4.92. The first-order valence-electron chi connectivity index (χ1n) is 6.22. The van der Waals surface area contributed by atoms with Crippen molar-refractivity contribution >= 4 is 28.7 Å². The Morgan fingerprint density at radius 2 is 2.32 bits per heavy atom. The van der Waals surface area contributed by atoms with Gasteiger partial charge in [-0.2, -0.15) is 4.98 Å². The monoisotopic (exact) mass is 327 g/mol. The molecule has 3 heterocycles. The molecule has 0 bridgehead atoms. The third-order valence-electron chi connectivity index (χ3n) is 3.45. The Morgan fingerprint density at radius 1 is 1.55 bits per heavy atom. The molecule has 116 valence electrons. The van der Waals surface area contributed by atoms with Crippen LogP contribution in [0.1, 0.15) is 6.23 Å². The number of fused-ring (bicyclic) bond motifs is 1. The lowest BCUT2D eigenvalue weighted by Crippen LogP contribution is -2.42. The molecule has 0 saturated carbocycles. The zero-order valence-corrected chi connectivity index (χ0v) is 11.8. The van der Waals surface area contributed by atoms with E-state index in [1.807, 2.05) is 5.38 Å². The third-order valence-corrected chi connectivity index (χ3v) is 3.55. The molecule has 8 nitrogen and oxygen atoms in total. The summed E-state index contributed by atoms with van der Waals surface area (Å²) in [6.07, 6.45) is -1.61. The first-order chi connectivity index (χ1) is 10.5. The molecule has 0 amide bonds. The number of hydrogen-bond acceptors (Lipinski definition) is 7. The molecule has 1 aliphatic heterocycles. The van der Waals surface area contributed by atoms with Gasteiger partial charge >= 0.3 is 0 Å². The molecule has 4 atom stereocenters. The molecule has 1 fully saturated rings. The Bertz CT molecular complexity index is 775. The van der Waals surface area contributed by atoms with Gasteiger partial charge < -0.3 is 20.7 Å². The van der Waals surface area contributed by atoms with Crippen molar-refractivity contribution in [3.8, 4) is 11.3 Å². The van der Waals surface area contributed by atoms with E-state index in [-0.39, 0.29) is 11.6 Å². The van der Waals surface area contributed by atoms with Gasteiger partial charge in [-0.15, -0.1) is 0 Å². The largest absolute Gasteiger partial charge is 0.394 e. The fraction of sp³-hybridized carbons (Fsp3) is 0.417. The average molecular weight is 328 g/mol. The van der Waals surface area contributed by atoms with Gasteiger partial charge in [-0.05, 0) is 17.5 Å². The van der Waals surface area contributed by atoms with E-state index in [2.05, 4.69) is 20.9 Å². The van der Waals surface area contributed by atoms with Gasteiger partial charge in [-0.1, -0.05) is 0 Å². The van der Waals surface area contributed by atoms with E-state index in [0.29, 0.717) is 5.52 Å². The number of halogens is 2. The smallest absolute Gasteiger partial charge is 0.244 e. The van der Waals surface area contributed by atoms with Gasteiger partial charge in [0.1, 0.15) is 17.7 Å². The number of alkyl halides is 1. The summed E-state index contributed by atoms with van der Waals surface area (Å²) < 4.78 is 21.7. The molecule has 0 aromatic carbocycles. The van der Waals surface area contributed by atoms with Crippen LogP contribution in [0.5, 0.6) is 0 Å². The lowest BCUT2D eigenvalue weighted by molar-refractivity contribution is -0.0504. The van der Waals surface area contributed by atoms with Crippen LogP contribution in [0.2, 0.25) is 0 Å². The number of anilines is 1. The molecule has 2 aromatic rings. The van der Waals surface area contributed by atoms with Gasteiger partial charge in [-0.25, -0.2) is 14.4 Å². The fourth-order valence-electron chi connectivity index (χ4n) is 2.39. The van der Waals surface area contributed by atoms with E-state index in [1.54, 1.807) is 0 Å². The van der Waals surface area contributed by atoms with Crippen LogP contribution in [0.15, 0.2) is 12.5 Å². The van der Waals surface area contributed by atoms with Crippen LogP contribution in [0.4, 0.5) is 10.3 Å². The summed E-state index contributed by atoms with van der Waals surface area (Å²) >= 11 is 5.30. The van der Waals surface area contributed by atoms with Gasteiger partial charge in [0.25, 0.3) is 0 Å². The van der Waals surface area contributed by atoms with Crippen molar-refractivity contribution in [2.75, 3.05) is 12.3 Å². The minimum atomic E-state index is -2.54. The van der Waals surface area contributed by atoms with Crippen molar-refractivity contribution in [3.63, 3.8) is 0 Å². The first-order valence-corrected chi connectivity index (χ1v) is 6.60. The molecule has 0 spiro atoms. The average Bonchev–Trinajstić information content (AvgIpc) is 3.00. The number of aliphatic hydroxyl groups excluding tert-OH is 2. The first kappa shape index (κ1) is 14.9. The van der Waals surface area contributed by atoms with Crippen LogP contribution in [-0.4, -0.2) is 54.2 Å². The second-order valence-electron chi connectivity index (χ2n) is 4.73. The van der Waals surface area contributed by atoms with E-state index in [4.69, 9.17) is 22.1 Å². The van der Waals surface area contributed by atoms with Crippen LogP contribution in [0.25, 0.3) is 11.2 Å². The Morgan fingerprint density at radius 3 is 3.00 bits per heavy atom. The van der Waals surface area contributed by atoms with Crippen LogP contribution in [0.3, 0.4) is 0 Å². The van der Waals surface area contributed by atoms with Crippen molar-refractivity contribution in [3.05, 3.63) is 12.5 Å². The molecule has 3 rings (SSSR count). The van der Waals surface area contributed by atoms with E-state index >= 15 is 4.39 Å². The highest BCUT2D eigenvalue weighted by molar-refractivity contribution is 6.30. The Balaban J connectivity index is 2.14. The van der Waals surface area contributed by atoms with Crippen LogP contribution >= 0.6 is 11.6 Å². The number of ether oxygens (including phenoxy) is 1. The molecule has 0 aliphatic carbocycles. The van der Waals surface area contributed by atoms with Crippen molar-refractivity contribution in [1.29, 1.82) is 0 Å². The van der Waals surface area contributed by atoms with Crippen LogP contribution in [-0.2, 0) is 4.74 Å². The number of imidazole rings is 1. The van der Waals surface area contributed by atoms with E-state index < -0.39 is 30.7 Å². The number of nitrogens with two attached hydrogens (primary N) is 1. The number of nitrogen functional groups attached to an aromatic ring is 1. The summed E-state index contributed by atoms with van der Waals surface area (Å²) in [5.41, 5.74) is 3.55.